The molecule has 0 fully saturated rings. The second kappa shape index (κ2) is 15.6. The molecule has 0 unspecified atom stereocenters. The summed E-state index contributed by atoms with van der Waals surface area (Å²) >= 11 is 0. The highest BCUT2D eigenvalue weighted by atomic mass is 31.2. The maximum Gasteiger partial charge on any atom is 0.261 e. The van der Waals surface area contributed by atoms with Gasteiger partial charge in [0.1, 0.15) is 0 Å². The number of amides is 2. The van der Waals surface area contributed by atoms with E-state index in [1.807, 2.05) is 12.1 Å². The van der Waals surface area contributed by atoms with Crippen LogP contribution in [0.1, 0.15) is 125 Å². The number of unbranched alkanes of at least 4 members (excludes halogenated alkanes) is 9. The van der Waals surface area contributed by atoms with Crippen LogP contribution < -0.4 is 0 Å². The van der Waals surface area contributed by atoms with Gasteiger partial charge in [-0.1, -0.05) is 77.8 Å². The van der Waals surface area contributed by atoms with Crippen molar-refractivity contribution in [2.45, 2.75) is 104 Å². The molecule has 0 radical (unpaired) electrons. The molecule has 0 bridgehead atoms. The van der Waals surface area contributed by atoms with Crippen molar-refractivity contribution in [3.05, 3.63) is 35.4 Å². The van der Waals surface area contributed by atoms with E-state index in [1.165, 1.54) is 81.7 Å². The van der Waals surface area contributed by atoms with Gasteiger partial charge in [0, 0.05) is 13.8 Å². The Morgan fingerprint density at radius 3 is 1.42 bits per heavy atom. The molecular formula is C29H49NO2P+. The number of imide groups is 1. The fourth-order valence-electron chi connectivity index (χ4n) is 5.19. The standard InChI is InChI=1S/C29H49NO2P/c1-4-7-22-33(23-8-5-2,24-9-6-3)25-18-14-12-10-11-13-17-21-30-28(31)26-19-15-16-20-27(26)29(30)32/h15-16,19-20H,4-14,17-18,21-25H2,1-3H3/q+1. The van der Waals surface area contributed by atoms with Crippen LogP contribution >= 0.6 is 7.26 Å². The summed E-state index contributed by atoms with van der Waals surface area (Å²) in [5.74, 6) is -0.228. The highest BCUT2D eigenvalue weighted by Crippen LogP contribution is 2.61. The van der Waals surface area contributed by atoms with Crippen molar-refractivity contribution >= 4 is 19.1 Å². The topological polar surface area (TPSA) is 37.4 Å². The lowest BCUT2D eigenvalue weighted by Gasteiger charge is -2.28. The van der Waals surface area contributed by atoms with Gasteiger partial charge in [-0.05, 0) is 50.7 Å². The average molecular weight is 475 g/mol. The van der Waals surface area contributed by atoms with Gasteiger partial charge in [-0.15, -0.1) is 0 Å². The second-order valence-corrected chi connectivity index (χ2v) is 14.6. The molecule has 0 spiro atoms. The van der Waals surface area contributed by atoms with Gasteiger partial charge in [-0.3, -0.25) is 14.5 Å². The van der Waals surface area contributed by atoms with Crippen molar-refractivity contribution in [1.29, 1.82) is 0 Å². The fraction of sp³-hybridized carbons (Fsp3) is 0.724. The summed E-state index contributed by atoms with van der Waals surface area (Å²) in [7, 11) is -0.730. The zero-order valence-corrected chi connectivity index (χ0v) is 22.6. The van der Waals surface area contributed by atoms with E-state index < -0.39 is 7.26 Å². The first-order valence-corrected chi connectivity index (χ1v) is 16.4. The number of nitrogens with zero attached hydrogens (tertiary/aromatic N) is 1. The quantitative estimate of drug-likeness (QED) is 0.115. The molecule has 0 saturated carbocycles. The molecule has 1 aliphatic heterocycles. The monoisotopic (exact) mass is 474 g/mol. The van der Waals surface area contributed by atoms with E-state index in [2.05, 4.69) is 20.8 Å². The van der Waals surface area contributed by atoms with Gasteiger partial charge in [0.05, 0.1) is 35.8 Å². The molecule has 0 saturated heterocycles. The van der Waals surface area contributed by atoms with E-state index in [1.54, 1.807) is 30.6 Å². The minimum Gasteiger partial charge on any atom is -0.274 e. The Bertz CT molecular complexity index is 661. The first kappa shape index (κ1) is 28.0. The summed E-state index contributed by atoms with van der Waals surface area (Å²) in [6.45, 7) is 7.61. The van der Waals surface area contributed by atoms with Crippen molar-refractivity contribution in [2.24, 2.45) is 0 Å². The molecule has 4 heteroatoms. The lowest BCUT2D eigenvalue weighted by atomic mass is 10.1. The van der Waals surface area contributed by atoms with Crippen LogP contribution in [0.3, 0.4) is 0 Å². The SMILES string of the molecule is CCCC[P+](CCCC)(CCCC)CCCCCCCCCN1C(=O)c2ccccc2C1=O. The summed E-state index contributed by atoms with van der Waals surface area (Å²) in [6.07, 6.45) is 23.2. The van der Waals surface area contributed by atoms with Gasteiger partial charge in [0.15, 0.2) is 0 Å². The Morgan fingerprint density at radius 1 is 0.576 bits per heavy atom. The maximum absolute atomic E-state index is 12.4. The Balaban J connectivity index is 1.62. The van der Waals surface area contributed by atoms with Gasteiger partial charge in [-0.25, -0.2) is 0 Å². The molecule has 1 heterocycles. The van der Waals surface area contributed by atoms with Gasteiger partial charge in [-0.2, -0.15) is 0 Å². The Kier molecular flexibility index (Phi) is 13.3. The number of rotatable bonds is 19. The largest absolute Gasteiger partial charge is 0.274 e. The van der Waals surface area contributed by atoms with E-state index in [9.17, 15) is 9.59 Å². The first-order valence-electron chi connectivity index (χ1n) is 13.9. The van der Waals surface area contributed by atoms with Crippen molar-refractivity contribution in [3.63, 3.8) is 0 Å². The molecule has 0 aliphatic carbocycles. The summed E-state index contributed by atoms with van der Waals surface area (Å²) in [6, 6.07) is 7.19. The van der Waals surface area contributed by atoms with Crippen LogP contribution in [0, 0.1) is 0 Å². The van der Waals surface area contributed by atoms with Crippen LogP contribution in [0.2, 0.25) is 0 Å². The lowest BCUT2D eigenvalue weighted by molar-refractivity contribution is 0.0651. The number of hydrogen-bond donors (Lipinski definition) is 0. The normalized spacial score (nSPS) is 13.7. The number of carbonyl (C=O) groups is 2. The smallest absolute Gasteiger partial charge is 0.261 e. The zero-order chi connectivity index (χ0) is 23.9. The number of hydrogen-bond acceptors (Lipinski definition) is 2. The van der Waals surface area contributed by atoms with Crippen molar-refractivity contribution < 1.29 is 9.59 Å². The van der Waals surface area contributed by atoms with Crippen molar-refractivity contribution in [2.75, 3.05) is 31.2 Å². The Hall–Kier alpha value is -1.21. The molecule has 1 aromatic carbocycles. The highest BCUT2D eigenvalue weighted by molar-refractivity contribution is 7.75. The Labute approximate surface area is 204 Å². The fourth-order valence-corrected chi connectivity index (χ4v) is 10.4. The predicted molar refractivity (Wildman–Crippen MR) is 145 cm³/mol. The number of fused-ring (bicyclic) bond motifs is 1. The minimum absolute atomic E-state index is 0.114. The van der Waals surface area contributed by atoms with E-state index in [0.717, 1.165) is 12.8 Å². The molecule has 1 aromatic rings. The molecular weight excluding hydrogens is 425 g/mol. The van der Waals surface area contributed by atoms with Crippen LogP contribution in [-0.2, 0) is 0 Å². The van der Waals surface area contributed by atoms with Gasteiger partial charge < -0.3 is 0 Å². The van der Waals surface area contributed by atoms with E-state index >= 15 is 0 Å². The molecule has 0 atom stereocenters. The van der Waals surface area contributed by atoms with Crippen molar-refractivity contribution in [3.8, 4) is 0 Å². The van der Waals surface area contributed by atoms with Crippen LogP contribution in [0.25, 0.3) is 0 Å². The Morgan fingerprint density at radius 2 is 0.970 bits per heavy atom. The minimum atomic E-state index is -0.730. The number of benzene rings is 1. The molecule has 2 amide bonds. The van der Waals surface area contributed by atoms with Crippen LogP contribution in [-0.4, -0.2) is 47.9 Å². The second-order valence-electron chi connectivity index (χ2n) is 10.1. The summed E-state index contributed by atoms with van der Waals surface area (Å²) < 4.78 is 0. The summed E-state index contributed by atoms with van der Waals surface area (Å²) in [5.41, 5.74) is 1.14. The molecule has 33 heavy (non-hydrogen) atoms. The molecule has 2 rings (SSSR count). The molecule has 1 aliphatic rings. The van der Waals surface area contributed by atoms with Gasteiger partial charge in [0.25, 0.3) is 11.8 Å². The maximum atomic E-state index is 12.4. The third-order valence-corrected chi connectivity index (χ3v) is 12.4. The van der Waals surface area contributed by atoms with Crippen molar-refractivity contribution in [1.82, 2.24) is 4.90 Å². The highest BCUT2D eigenvalue weighted by Gasteiger charge is 2.35. The third-order valence-electron chi connectivity index (χ3n) is 7.35. The number of carbonyl (C=O) groups excluding carboxylic acids is 2. The molecule has 186 valence electrons. The average Bonchev–Trinajstić information content (AvgIpc) is 3.08. The van der Waals surface area contributed by atoms with Gasteiger partial charge >= 0.3 is 0 Å². The molecule has 3 nitrogen and oxygen atoms in total. The van der Waals surface area contributed by atoms with Crippen LogP contribution in [0.4, 0.5) is 0 Å². The van der Waals surface area contributed by atoms with E-state index in [0.29, 0.717) is 17.7 Å². The summed E-state index contributed by atoms with van der Waals surface area (Å²) in [5, 5.41) is 0. The lowest BCUT2D eigenvalue weighted by Crippen LogP contribution is -2.30. The summed E-state index contributed by atoms with van der Waals surface area (Å²) in [4.78, 5) is 26.3. The predicted octanol–water partition coefficient (Wildman–Crippen LogP) is 8.43. The van der Waals surface area contributed by atoms with Gasteiger partial charge in [0.2, 0.25) is 0 Å². The first-order chi connectivity index (χ1) is 16.1. The van der Waals surface area contributed by atoms with Crippen LogP contribution in [0.15, 0.2) is 24.3 Å². The molecule has 0 N–H and O–H groups in total. The van der Waals surface area contributed by atoms with E-state index in [-0.39, 0.29) is 11.8 Å². The van der Waals surface area contributed by atoms with E-state index in [4.69, 9.17) is 0 Å². The molecule has 0 aromatic heterocycles. The van der Waals surface area contributed by atoms with Crippen LogP contribution in [0.5, 0.6) is 0 Å². The third kappa shape index (κ3) is 8.82. The zero-order valence-electron chi connectivity index (χ0n) is 21.7.